The van der Waals surface area contributed by atoms with Crippen molar-refractivity contribution >= 4 is 5.91 Å². The number of halogens is 3. The van der Waals surface area contributed by atoms with E-state index < -0.39 is 12.0 Å². The molecule has 0 bridgehead atoms. The fraction of sp³-hybridized carbons (Fsp3) is 0.727. The zero-order valence-electron chi connectivity index (χ0n) is 10.7. The molecule has 1 aromatic heterocycles. The van der Waals surface area contributed by atoms with Crippen molar-refractivity contribution in [1.82, 2.24) is 19.7 Å². The minimum atomic E-state index is -4.53. The molecule has 1 aliphatic rings. The number of aromatic nitrogens is 3. The average Bonchev–Trinajstić information content (AvgIpc) is 2.81. The molecule has 9 heteroatoms. The number of aliphatic hydroxyl groups is 1. The van der Waals surface area contributed by atoms with E-state index in [-0.39, 0.29) is 44.4 Å². The highest BCUT2D eigenvalue weighted by Gasteiger charge is 2.39. The highest BCUT2D eigenvalue weighted by Crippen LogP contribution is 2.29. The van der Waals surface area contributed by atoms with Crippen LogP contribution in [-0.2, 0) is 24.1 Å². The molecule has 20 heavy (non-hydrogen) atoms. The summed E-state index contributed by atoms with van der Waals surface area (Å²) in [7, 11) is 0. The van der Waals surface area contributed by atoms with Gasteiger partial charge in [0, 0.05) is 26.1 Å². The largest absolute Gasteiger partial charge is 0.451 e. The highest BCUT2D eigenvalue weighted by molar-refractivity contribution is 5.76. The van der Waals surface area contributed by atoms with Crippen LogP contribution in [0, 0.1) is 0 Å². The maximum atomic E-state index is 12.6. The first-order valence-electron chi connectivity index (χ1n) is 6.31. The van der Waals surface area contributed by atoms with Crippen LogP contribution in [0.3, 0.4) is 0 Å². The van der Waals surface area contributed by atoms with Gasteiger partial charge in [-0.05, 0) is 12.8 Å². The molecule has 0 saturated heterocycles. The standard InChI is InChI=1S/C11H15F3N4O2/c12-11(13,14)10-16-15-8-7-17(4-5-18(8)10)9(20)3-1-2-6-19/h19H,1-7H2. The molecule has 0 saturated carbocycles. The molecule has 0 aliphatic carbocycles. The van der Waals surface area contributed by atoms with Gasteiger partial charge in [0.15, 0.2) is 5.82 Å². The number of fused-ring (bicyclic) bond motifs is 1. The molecule has 2 heterocycles. The van der Waals surface area contributed by atoms with Crippen LogP contribution >= 0.6 is 0 Å². The summed E-state index contributed by atoms with van der Waals surface area (Å²) in [5, 5.41) is 15.3. The predicted octanol–water partition coefficient (Wildman–Crippen LogP) is 0.802. The van der Waals surface area contributed by atoms with Crippen molar-refractivity contribution in [3.63, 3.8) is 0 Å². The lowest BCUT2D eigenvalue weighted by atomic mass is 10.2. The Morgan fingerprint density at radius 2 is 2.00 bits per heavy atom. The molecule has 112 valence electrons. The number of nitrogens with zero attached hydrogens (tertiary/aromatic N) is 4. The van der Waals surface area contributed by atoms with Gasteiger partial charge in [-0.3, -0.25) is 4.79 Å². The second-order valence-electron chi connectivity index (χ2n) is 4.59. The number of hydrogen-bond acceptors (Lipinski definition) is 4. The zero-order valence-corrected chi connectivity index (χ0v) is 10.7. The minimum absolute atomic E-state index is 0.0244. The summed E-state index contributed by atoms with van der Waals surface area (Å²) >= 11 is 0. The van der Waals surface area contributed by atoms with Crippen molar-refractivity contribution in [2.75, 3.05) is 13.2 Å². The van der Waals surface area contributed by atoms with Gasteiger partial charge in [-0.2, -0.15) is 13.2 Å². The third-order valence-electron chi connectivity index (χ3n) is 3.16. The average molecular weight is 292 g/mol. The second kappa shape index (κ2) is 5.78. The third kappa shape index (κ3) is 3.09. The van der Waals surface area contributed by atoms with Crippen LogP contribution in [0.1, 0.15) is 30.9 Å². The van der Waals surface area contributed by atoms with Crippen LogP contribution in [0.25, 0.3) is 0 Å². The smallest absolute Gasteiger partial charge is 0.396 e. The number of rotatable bonds is 4. The van der Waals surface area contributed by atoms with E-state index in [1.807, 2.05) is 0 Å². The molecule has 0 atom stereocenters. The number of aliphatic hydroxyl groups excluding tert-OH is 1. The third-order valence-corrected chi connectivity index (χ3v) is 3.16. The molecule has 0 radical (unpaired) electrons. The highest BCUT2D eigenvalue weighted by atomic mass is 19.4. The van der Waals surface area contributed by atoms with Crippen LogP contribution in [0.2, 0.25) is 0 Å². The van der Waals surface area contributed by atoms with E-state index in [4.69, 9.17) is 5.11 Å². The zero-order chi connectivity index (χ0) is 14.8. The molecule has 2 rings (SSSR count). The van der Waals surface area contributed by atoms with E-state index in [0.717, 1.165) is 4.57 Å². The first-order valence-corrected chi connectivity index (χ1v) is 6.31. The predicted molar refractivity (Wildman–Crippen MR) is 61.4 cm³/mol. The Morgan fingerprint density at radius 1 is 1.25 bits per heavy atom. The molecule has 0 spiro atoms. The normalized spacial score (nSPS) is 15.3. The summed E-state index contributed by atoms with van der Waals surface area (Å²) in [6.45, 7) is 0.326. The summed E-state index contributed by atoms with van der Waals surface area (Å²) < 4.78 is 38.9. The second-order valence-corrected chi connectivity index (χ2v) is 4.59. The first kappa shape index (κ1) is 14.8. The van der Waals surface area contributed by atoms with E-state index in [2.05, 4.69) is 10.2 Å². The SMILES string of the molecule is O=C(CCCCO)N1CCn2c(nnc2C(F)(F)F)C1. The van der Waals surface area contributed by atoms with Gasteiger partial charge in [0.1, 0.15) is 0 Å². The Bertz CT molecular complexity index is 487. The number of alkyl halides is 3. The lowest BCUT2D eigenvalue weighted by Crippen LogP contribution is -2.39. The molecular weight excluding hydrogens is 277 g/mol. The summed E-state index contributed by atoms with van der Waals surface area (Å²) in [4.78, 5) is 13.3. The lowest BCUT2D eigenvalue weighted by Gasteiger charge is -2.28. The molecule has 1 amide bonds. The number of amides is 1. The van der Waals surface area contributed by atoms with Gasteiger partial charge in [-0.25, -0.2) is 0 Å². The van der Waals surface area contributed by atoms with Crippen LogP contribution in [0.4, 0.5) is 13.2 Å². The summed E-state index contributed by atoms with van der Waals surface area (Å²) in [5.41, 5.74) is 0. The fourth-order valence-electron chi connectivity index (χ4n) is 2.13. The van der Waals surface area contributed by atoms with E-state index >= 15 is 0 Å². The van der Waals surface area contributed by atoms with Gasteiger partial charge in [-0.15, -0.1) is 10.2 Å². The Hall–Kier alpha value is -1.64. The van der Waals surface area contributed by atoms with E-state index in [0.29, 0.717) is 12.8 Å². The quantitative estimate of drug-likeness (QED) is 0.833. The van der Waals surface area contributed by atoms with Crippen molar-refractivity contribution in [1.29, 1.82) is 0 Å². The topological polar surface area (TPSA) is 71.2 Å². The molecule has 1 N–H and O–H groups in total. The van der Waals surface area contributed by atoms with Crippen LogP contribution in [0.5, 0.6) is 0 Å². The number of carbonyl (C=O) groups is 1. The maximum absolute atomic E-state index is 12.6. The Morgan fingerprint density at radius 3 is 2.65 bits per heavy atom. The van der Waals surface area contributed by atoms with Crippen LogP contribution in [0.15, 0.2) is 0 Å². The summed E-state index contributed by atoms with van der Waals surface area (Å²) in [5.74, 6) is -1.000. The molecular formula is C11H15F3N4O2. The van der Waals surface area contributed by atoms with Crippen molar-refractivity contribution in [2.45, 2.75) is 38.5 Å². The van der Waals surface area contributed by atoms with E-state index in [1.165, 1.54) is 4.90 Å². The molecule has 0 unspecified atom stereocenters. The molecule has 6 nitrogen and oxygen atoms in total. The Kier molecular flexibility index (Phi) is 4.26. The Balaban J connectivity index is 2.02. The monoisotopic (exact) mass is 292 g/mol. The molecule has 0 fully saturated rings. The lowest BCUT2D eigenvalue weighted by molar-refractivity contribution is -0.148. The fourth-order valence-corrected chi connectivity index (χ4v) is 2.13. The van der Waals surface area contributed by atoms with Crippen molar-refractivity contribution in [2.24, 2.45) is 0 Å². The number of unbranched alkanes of at least 4 members (excludes halogenated alkanes) is 1. The van der Waals surface area contributed by atoms with Gasteiger partial charge in [0.25, 0.3) is 0 Å². The van der Waals surface area contributed by atoms with E-state index in [9.17, 15) is 18.0 Å². The van der Waals surface area contributed by atoms with Crippen molar-refractivity contribution in [3.8, 4) is 0 Å². The number of hydrogen-bond donors (Lipinski definition) is 1. The van der Waals surface area contributed by atoms with Crippen LogP contribution in [-0.4, -0.2) is 43.8 Å². The van der Waals surface area contributed by atoms with Crippen molar-refractivity contribution in [3.05, 3.63) is 11.6 Å². The van der Waals surface area contributed by atoms with Gasteiger partial charge < -0.3 is 14.6 Å². The molecule has 1 aromatic rings. The van der Waals surface area contributed by atoms with Gasteiger partial charge in [0.05, 0.1) is 6.54 Å². The van der Waals surface area contributed by atoms with Gasteiger partial charge >= 0.3 is 6.18 Å². The van der Waals surface area contributed by atoms with Gasteiger partial charge in [0.2, 0.25) is 11.7 Å². The number of carbonyl (C=O) groups excluding carboxylic acids is 1. The molecule has 1 aliphatic heterocycles. The van der Waals surface area contributed by atoms with Crippen LogP contribution < -0.4 is 0 Å². The van der Waals surface area contributed by atoms with E-state index in [1.54, 1.807) is 0 Å². The molecule has 0 aromatic carbocycles. The first-order chi connectivity index (χ1) is 9.43. The minimum Gasteiger partial charge on any atom is -0.396 e. The Labute approximate surface area is 113 Å². The summed E-state index contributed by atoms with van der Waals surface area (Å²) in [6.07, 6.45) is -3.15. The summed E-state index contributed by atoms with van der Waals surface area (Å²) in [6, 6.07) is 0. The van der Waals surface area contributed by atoms with Gasteiger partial charge in [-0.1, -0.05) is 0 Å². The van der Waals surface area contributed by atoms with Crippen molar-refractivity contribution < 1.29 is 23.1 Å². The maximum Gasteiger partial charge on any atom is 0.451 e.